The van der Waals surface area contributed by atoms with Crippen LogP contribution in [0, 0.1) is 0 Å². The van der Waals surface area contributed by atoms with E-state index >= 15 is 0 Å². The smallest absolute Gasteiger partial charge is 0.104 e. The molecule has 0 radical (unpaired) electrons. The van der Waals surface area contributed by atoms with Crippen LogP contribution in [-0.4, -0.2) is 45.2 Å². The van der Waals surface area contributed by atoms with Gasteiger partial charge in [0.05, 0.1) is 19.8 Å². The van der Waals surface area contributed by atoms with Crippen LogP contribution in [0.4, 0.5) is 0 Å². The van der Waals surface area contributed by atoms with E-state index < -0.39 is 0 Å². The molecule has 0 bridgehead atoms. The molecule has 84 valence electrons. The molecule has 0 spiro atoms. The lowest BCUT2D eigenvalue weighted by atomic mass is 9.97. The number of hydrogen-bond acceptors (Lipinski definition) is 4. The quantitative estimate of drug-likeness (QED) is 0.640. The third-order valence-electron chi connectivity index (χ3n) is 2.50. The van der Waals surface area contributed by atoms with Crippen LogP contribution >= 0.6 is 0 Å². The molecule has 0 aromatic heterocycles. The summed E-state index contributed by atoms with van der Waals surface area (Å²) in [6.45, 7) is 5.93. The Hall–Kier alpha value is -0.160. The van der Waals surface area contributed by atoms with Crippen LogP contribution in [0.2, 0.25) is 0 Å². The third-order valence-corrected chi connectivity index (χ3v) is 2.50. The zero-order valence-corrected chi connectivity index (χ0v) is 8.96. The Kier molecular flexibility index (Phi) is 5.40. The van der Waals surface area contributed by atoms with Crippen LogP contribution in [0.5, 0.6) is 0 Å². The first-order valence-electron chi connectivity index (χ1n) is 5.32. The van der Waals surface area contributed by atoms with E-state index in [0.29, 0.717) is 26.4 Å². The summed E-state index contributed by atoms with van der Waals surface area (Å²) in [6.07, 6.45) is 2.03. The van der Waals surface area contributed by atoms with E-state index in [2.05, 4.69) is 0 Å². The Morgan fingerprint density at radius 1 is 1.43 bits per heavy atom. The summed E-state index contributed by atoms with van der Waals surface area (Å²) >= 11 is 0. The van der Waals surface area contributed by atoms with Crippen LogP contribution < -0.4 is 5.73 Å². The van der Waals surface area contributed by atoms with Crippen molar-refractivity contribution in [3.63, 3.8) is 0 Å². The molecule has 0 aliphatic carbocycles. The fourth-order valence-electron chi connectivity index (χ4n) is 1.62. The van der Waals surface area contributed by atoms with E-state index in [1.807, 2.05) is 6.92 Å². The highest BCUT2D eigenvalue weighted by atomic mass is 16.6. The molecule has 1 atom stereocenters. The van der Waals surface area contributed by atoms with Crippen molar-refractivity contribution in [3.8, 4) is 0 Å². The molecular weight excluding hydrogens is 182 g/mol. The highest BCUT2D eigenvalue weighted by Gasteiger charge is 2.32. The summed E-state index contributed by atoms with van der Waals surface area (Å²) in [6, 6.07) is 0. The van der Waals surface area contributed by atoms with Gasteiger partial charge in [0.2, 0.25) is 0 Å². The molecule has 1 fully saturated rings. The van der Waals surface area contributed by atoms with Gasteiger partial charge in [-0.15, -0.1) is 0 Å². The van der Waals surface area contributed by atoms with E-state index in [-0.39, 0.29) is 5.60 Å². The molecule has 1 rings (SSSR count). The van der Waals surface area contributed by atoms with E-state index in [4.69, 9.17) is 19.9 Å². The predicted molar refractivity (Wildman–Crippen MR) is 54.3 cm³/mol. The molecule has 1 aliphatic heterocycles. The molecule has 1 saturated heterocycles. The number of rotatable bonds is 6. The fourth-order valence-corrected chi connectivity index (χ4v) is 1.62. The van der Waals surface area contributed by atoms with Crippen molar-refractivity contribution >= 4 is 0 Å². The van der Waals surface area contributed by atoms with Crippen molar-refractivity contribution in [1.82, 2.24) is 0 Å². The molecule has 1 unspecified atom stereocenters. The zero-order chi connectivity index (χ0) is 10.3. The molecule has 1 heterocycles. The van der Waals surface area contributed by atoms with E-state index in [1.165, 1.54) is 0 Å². The van der Waals surface area contributed by atoms with Gasteiger partial charge in [0.25, 0.3) is 0 Å². The second-order valence-electron chi connectivity index (χ2n) is 3.59. The van der Waals surface area contributed by atoms with Crippen LogP contribution in [0.15, 0.2) is 0 Å². The summed E-state index contributed by atoms with van der Waals surface area (Å²) in [7, 11) is 0. The number of nitrogens with two attached hydrogens (primary N) is 1. The van der Waals surface area contributed by atoms with Crippen LogP contribution in [0.3, 0.4) is 0 Å². The molecule has 0 aromatic carbocycles. The molecule has 2 N–H and O–H groups in total. The maximum Gasteiger partial charge on any atom is 0.104 e. The second kappa shape index (κ2) is 6.35. The SMILES string of the molecule is CCOCCOC1(CN)CCCOC1. The van der Waals surface area contributed by atoms with Gasteiger partial charge in [0, 0.05) is 19.8 Å². The van der Waals surface area contributed by atoms with Gasteiger partial charge in [-0.3, -0.25) is 0 Å². The molecule has 4 nitrogen and oxygen atoms in total. The van der Waals surface area contributed by atoms with Gasteiger partial charge in [-0.05, 0) is 19.8 Å². The van der Waals surface area contributed by atoms with Gasteiger partial charge < -0.3 is 19.9 Å². The maximum absolute atomic E-state index is 5.75. The van der Waals surface area contributed by atoms with Gasteiger partial charge in [0.15, 0.2) is 0 Å². The Morgan fingerprint density at radius 2 is 2.29 bits per heavy atom. The van der Waals surface area contributed by atoms with Gasteiger partial charge in [-0.25, -0.2) is 0 Å². The Labute approximate surface area is 85.7 Å². The summed E-state index contributed by atoms with van der Waals surface area (Å²) in [4.78, 5) is 0. The molecule has 4 heteroatoms. The van der Waals surface area contributed by atoms with E-state index in [1.54, 1.807) is 0 Å². The average molecular weight is 203 g/mol. The van der Waals surface area contributed by atoms with Crippen molar-refractivity contribution in [2.45, 2.75) is 25.4 Å². The van der Waals surface area contributed by atoms with Gasteiger partial charge >= 0.3 is 0 Å². The topological polar surface area (TPSA) is 53.7 Å². The molecule has 0 amide bonds. The highest BCUT2D eigenvalue weighted by Crippen LogP contribution is 2.22. The monoisotopic (exact) mass is 203 g/mol. The first-order valence-corrected chi connectivity index (χ1v) is 5.32. The minimum atomic E-state index is -0.255. The number of ether oxygens (including phenoxy) is 3. The minimum Gasteiger partial charge on any atom is -0.379 e. The Bertz CT molecular complexity index is 146. The lowest BCUT2D eigenvalue weighted by molar-refractivity contribution is -0.131. The van der Waals surface area contributed by atoms with Crippen molar-refractivity contribution < 1.29 is 14.2 Å². The first-order chi connectivity index (χ1) is 6.83. The molecule has 0 saturated carbocycles. The molecule has 1 aliphatic rings. The van der Waals surface area contributed by atoms with Gasteiger partial charge in [-0.2, -0.15) is 0 Å². The molecular formula is C10H21NO3. The Balaban J connectivity index is 2.22. The second-order valence-corrected chi connectivity index (χ2v) is 3.59. The Morgan fingerprint density at radius 3 is 2.86 bits per heavy atom. The summed E-state index contributed by atoms with van der Waals surface area (Å²) in [5.74, 6) is 0. The largest absolute Gasteiger partial charge is 0.379 e. The zero-order valence-electron chi connectivity index (χ0n) is 8.96. The number of hydrogen-bond donors (Lipinski definition) is 1. The van der Waals surface area contributed by atoms with Crippen molar-refractivity contribution in [1.29, 1.82) is 0 Å². The van der Waals surface area contributed by atoms with Crippen LogP contribution in [-0.2, 0) is 14.2 Å². The van der Waals surface area contributed by atoms with E-state index in [9.17, 15) is 0 Å². The van der Waals surface area contributed by atoms with Crippen molar-refractivity contribution in [3.05, 3.63) is 0 Å². The molecule has 14 heavy (non-hydrogen) atoms. The fraction of sp³-hybridized carbons (Fsp3) is 1.00. The summed E-state index contributed by atoms with van der Waals surface area (Å²) in [5, 5.41) is 0. The summed E-state index contributed by atoms with van der Waals surface area (Å²) in [5.41, 5.74) is 5.45. The van der Waals surface area contributed by atoms with Crippen molar-refractivity contribution in [2.24, 2.45) is 5.73 Å². The maximum atomic E-state index is 5.75. The lowest BCUT2D eigenvalue weighted by Gasteiger charge is -2.35. The highest BCUT2D eigenvalue weighted by molar-refractivity contribution is 4.84. The van der Waals surface area contributed by atoms with E-state index in [0.717, 1.165) is 26.1 Å². The van der Waals surface area contributed by atoms with Gasteiger partial charge in [-0.1, -0.05) is 0 Å². The minimum absolute atomic E-state index is 0.255. The standard InChI is InChI=1S/C10H21NO3/c1-2-12-6-7-14-10(8-11)4-3-5-13-9-10/h2-9,11H2,1H3. The molecule has 0 aromatic rings. The first kappa shape index (κ1) is 11.9. The van der Waals surface area contributed by atoms with Crippen LogP contribution in [0.25, 0.3) is 0 Å². The normalized spacial score (nSPS) is 27.9. The van der Waals surface area contributed by atoms with Crippen LogP contribution in [0.1, 0.15) is 19.8 Å². The summed E-state index contributed by atoms with van der Waals surface area (Å²) < 4.78 is 16.3. The predicted octanol–water partition coefficient (Wildman–Crippen LogP) is 0.547. The van der Waals surface area contributed by atoms with Gasteiger partial charge in [0.1, 0.15) is 5.60 Å². The lowest BCUT2D eigenvalue weighted by Crippen LogP contribution is -2.48. The van der Waals surface area contributed by atoms with Crippen molar-refractivity contribution in [2.75, 3.05) is 39.6 Å². The average Bonchev–Trinajstić information content (AvgIpc) is 2.26. The third kappa shape index (κ3) is 3.53.